The van der Waals surface area contributed by atoms with E-state index in [9.17, 15) is 15.2 Å². The Bertz CT molecular complexity index is 809. The van der Waals surface area contributed by atoms with Gasteiger partial charge < -0.3 is 24.4 Å². The molecule has 150 valence electrons. The van der Waals surface area contributed by atoms with Crippen molar-refractivity contribution in [1.29, 1.82) is 0 Å². The van der Waals surface area contributed by atoms with Crippen LogP contribution in [0.4, 0.5) is 5.69 Å². The number of nitrogens with one attached hydrogen (secondary N) is 2. The average Bonchev–Trinajstić information content (AvgIpc) is 2.70. The number of methoxy groups -OCH3 is 2. The maximum atomic E-state index is 11.2. The maximum absolute atomic E-state index is 11.2. The third kappa shape index (κ3) is 4.52. The number of hydrogen-bond acceptors (Lipinski definition) is 5. The van der Waals surface area contributed by atoms with Gasteiger partial charge in [0, 0.05) is 11.6 Å². The molecule has 3 rings (SSSR count). The van der Waals surface area contributed by atoms with Crippen LogP contribution < -0.4 is 19.3 Å². The lowest BCUT2D eigenvalue weighted by Crippen LogP contribution is -3.27. The van der Waals surface area contributed by atoms with E-state index in [0.29, 0.717) is 18.0 Å². The Hall–Kier alpha value is -2.84. The number of rotatable bonds is 7. The van der Waals surface area contributed by atoms with Crippen molar-refractivity contribution in [3.05, 3.63) is 57.6 Å². The smallest absolute Gasteiger partial charge is 0.278 e. The molecule has 0 atom stereocenters. The van der Waals surface area contributed by atoms with Crippen LogP contribution in [-0.4, -0.2) is 50.4 Å². The van der Waals surface area contributed by atoms with Crippen LogP contribution >= 0.6 is 0 Å². The van der Waals surface area contributed by atoms with Gasteiger partial charge >= 0.3 is 0 Å². The van der Waals surface area contributed by atoms with Crippen molar-refractivity contribution >= 4 is 5.69 Å². The van der Waals surface area contributed by atoms with Gasteiger partial charge in [0.05, 0.1) is 24.7 Å². The van der Waals surface area contributed by atoms with Gasteiger partial charge in [0.2, 0.25) is 5.75 Å². The number of aromatic hydroxyl groups is 1. The number of para-hydroxylation sites is 1. The molecule has 0 spiro atoms. The molecule has 3 N–H and O–H groups in total. The Kier molecular flexibility index (Phi) is 6.33. The molecule has 0 unspecified atom stereocenters. The SMILES string of the molecule is COc1cc(C[NH+]2CC[NH+](Cc3ccccc3[N+](=O)[O-])CC2)cc(OC)c1O. The first-order valence-corrected chi connectivity index (χ1v) is 9.35. The normalized spacial score (nSPS) is 19.2. The van der Waals surface area contributed by atoms with E-state index in [1.807, 2.05) is 24.3 Å². The molecule has 0 aliphatic carbocycles. The van der Waals surface area contributed by atoms with E-state index >= 15 is 0 Å². The Labute approximate surface area is 164 Å². The summed E-state index contributed by atoms with van der Waals surface area (Å²) in [6, 6.07) is 10.7. The third-order valence-electron chi connectivity index (χ3n) is 5.29. The number of hydrogen-bond donors (Lipinski definition) is 3. The zero-order valence-corrected chi connectivity index (χ0v) is 16.2. The van der Waals surface area contributed by atoms with Gasteiger partial charge in [0.1, 0.15) is 39.3 Å². The Morgan fingerprint density at radius 2 is 1.54 bits per heavy atom. The van der Waals surface area contributed by atoms with E-state index in [4.69, 9.17) is 9.47 Å². The maximum Gasteiger partial charge on any atom is 0.278 e. The van der Waals surface area contributed by atoms with Crippen LogP contribution in [0.1, 0.15) is 11.1 Å². The molecular weight excluding hydrogens is 362 g/mol. The minimum Gasteiger partial charge on any atom is -0.502 e. The van der Waals surface area contributed by atoms with Gasteiger partial charge in [-0.25, -0.2) is 0 Å². The topological polar surface area (TPSA) is 90.7 Å². The van der Waals surface area contributed by atoms with Gasteiger partial charge in [-0.3, -0.25) is 10.1 Å². The molecule has 2 aromatic carbocycles. The molecule has 1 saturated heterocycles. The Balaban J connectivity index is 1.60. The second-order valence-electron chi connectivity index (χ2n) is 7.09. The summed E-state index contributed by atoms with van der Waals surface area (Å²) in [6.07, 6.45) is 0. The van der Waals surface area contributed by atoms with Crippen LogP contribution in [0.15, 0.2) is 36.4 Å². The largest absolute Gasteiger partial charge is 0.502 e. The number of quaternary nitrogens is 2. The first-order valence-electron chi connectivity index (χ1n) is 9.35. The van der Waals surface area contributed by atoms with Gasteiger partial charge in [-0.05, 0) is 18.2 Å². The standard InChI is InChI=1S/C20H25N3O5/c1-27-18-11-15(12-19(28-2)20(18)24)13-21-7-9-22(10-8-21)14-16-5-3-4-6-17(16)23(25)26/h3-6,11-12,24H,7-10,13-14H2,1-2H3/p+2. The van der Waals surface area contributed by atoms with E-state index < -0.39 is 0 Å². The van der Waals surface area contributed by atoms with Crippen LogP contribution in [0.25, 0.3) is 0 Å². The zero-order valence-electron chi connectivity index (χ0n) is 16.2. The fourth-order valence-corrected chi connectivity index (χ4v) is 3.76. The average molecular weight is 389 g/mol. The van der Waals surface area contributed by atoms with Crippen molar-refractivity contribution in [2.75, 3.05) is 40.4 Å². The molecule has 0 aromatic heterocycles. The van der Waals surface area contributed by atoms with E-state index in [2.05, 4.69) is 0 Å². The van der Waals surface area contributed by atoms with Crippen molar-refractivity contribution in [2.24, 2.45) is 0 Å². The predicted molar refractivity (Wildman–Crippen MR) is 103 cm³/mol. The summed E-state index contributed by atoms with van der Waals surface area (Å²) in [6.45, 7) is 5.33. The molecule has 0 radical (unpaired) electrons. The highest BCUT2D eigenvalue weighted by atomic mass is 16.6. The molecule has 8 nitrogen and oxygen atoms in total. The lowest BCUT2D eigenvalue weighted by atomic mass is 10.1. The van der Waals surface area contributed by atoms with Gasteiger partial charge in [-0.15, -0.1) is 0 Å². The number of piperazine rings is 1. The quantitative estimate of drug-likeness (QED) is 0.451. The van der Waals surface area contributed by atoms with E-state index in [0.717, 1.165) is 43.9 Å². The van der Waals surface area contributed by atoms with Crippen molar-refractivity contribution in [1.82, 2.24) is 0 Å². The molecular formula is C20H27N3O5+2. The molecule has 2 aromatic rings. The van der Waals surface area contributed by atoms with Gasteiger partial charge in [0.25, 0.3) is 5.69 Å². The first-order chi connectivity index (χ1) is 13.5. The summed E-state index contributed by atoms with van der Waals surface area (Å²) in [5.41, 5.74) is 2.04. The lowest BCUT2D eigenvalue weighted by molar-refractivity contribution is -1.02. The summed E-state index contributed by atoms with van der Waals surface area (Å²) < 4.78 is 10.5. The fourth-order valence-electron chi connectivity index (χ4n) is 3.76. The van der Waals surface area contributed by atoms with Gasteiger partial charge in [-0.2, -0.15) is 0 Å². The second kappa shape index (κ2) is 8.90. The summed E-state index contributed by atoms with van der Waals surface area (Å²) in [4.78, 5) is 13.7. The Morgan fingerprint density at radius 1 is 1.00 bits per heavy atom. The highest BCUT2D eigenvalue weighted by molar-refractivity contribution is 5.52. The van der Waals surface area contributed by atoms with Crippen LogP contribution in [0.3, 0.4) is 0 Å². The fraction of sp³-hybridized carbons (Fsp3) is 0.400. The minimum atomic E-state index is -0.304. The number of nitro benzene ring substituents is 1. The minimum absolute atomic E-state index is 0.0162. The van der Waals surface area contributed by atoms with Crippen molar-refractivity contribution < 1.29 is 29.3 Å². The molecule has 0 amide bonds. The number of ether oxygens (including phenoxy) is 2. The van der Waals surface area contributed by atoms with Gasteiger partial charge in [0.15, 0.2) is 11.5 Å². The predicted octanol–water partition coefficient (Wildman–Crippen LogP) is -0.199. The van der Waals surface area contributed by atoms with E-state index in [-0.39, 0.29) is 16.4 Å². The molecule has 0 saturated carbocycles. The highest BCUT2D eigenvalue weighted by Gasteiger charge is 2.26. The van der Waals surface area contributed by atoms with Crippen LogP contribution in [0, 0.1) is 10.1 Å². The molecule has 1 fully saturated rings. The lowest BCUT2D eigenvalue weighted by Gasteiger charge is -2.29. The van der Waals surface area contributed by atoms with E-state index in [1.165, 1.54) is 24.0 Å². The van der Waals surface area contributed by atoms with Gasteiger partial charge in [-0.1, -0.05) is 12.1 Å². The van der Waals surface area contributed by atoms with Crippen LogP contribution in [-0.2, 0) is 13.1 Å². The number of nitrogens with zero attached hydrogens (tertiary/aromatic N) is 1. The number of nitro groups is 1. The van der Waals surface area contributed by atoms with Crippen molar-refractivity contribution in [3.8, 4) is 17.2 Å². The van der Waals surface area contributed by atoms with Crippen molar-refractivity contribution in [2.45, 2.75) is 13.1 Å². The third-order valence-corrected chi connectivity index (χ3v) is 5.29. The monoisotopic (exact) mass is 389 g/mol. The summed E-state index contributed by atoms with van der Waals surface area (Å²) in [7, 11) is 3.05. The molecule has 1 aliphatic heterocycles. The first kappa shape index (κ1) is 19.9. The number of benzene rings is 2. The van der Waals surface area contributed by atoms with Crippen LogP contribution in [0.5, 0.6) is 17.2 Å². The summed E-state index contributed by atoms with van der Waals surface area (Å²) in [5.74, 6) is 0.839. The molecule has 0 bridgehead atoms. The highest BCUT2D eigenvalue weighted by Crippen LogP contribution is 2.36. The number of phenolic OH excluding ortho intramolecular Hbond substituents is 1. The number of phenols is 1. The van der Waals surface area contributed by atoms with Crippen molar-refractivity contribution in [3.63, 3.8) is 0 Å². The molecule has 1 aliphatic rings. The molecule has 28 heavy (non-hydrogen) atoms. The van der Waals surface area contributed by atoms with E-state index in [1.54, 1.807) is 12.1 Å². The summed E-state index contributed by atoms with van der Waals surface area (Å²) in [5, 5.41) is 21.2. The van der Waals surface area contributed by atoms with Crippen LogP contribution in [0.2, 0.25) is 0 Å². The second-order valence-corrected chi connectivity index (χ2v) is 7.09. The molecule has 8 heteroatoms. The zero-order chi connectivity index (χ0) is 20.1. The molecule has 1 heterocycles. The summed E-state index contributed by atoms with van der Waals surface area (Å²) >= 11 is 0. The Morgan fingerprint density at radius 3 is 2.07 bits per heavy atom.